The number of hydrogen-bond donors (Lipinski definition) is 4. The third-order valence-electron chi connectivity index (χ3n) is 6.49. The summed E-state index contributed by atoms with van der Waals surface area (Å²) in [7, 11) is 0. The molecule has 0 spiro atoms. The predicted molar refractivity (Wildman–Crippen MR) is 165 cm³/mol. The Morgan fingerprint density at radius 2 is 1.80 bits per heavy atom. The van der Waals surface area contributed by atoms with Gasteiger partial charge in [0.25, 0.3) is 5.91 Å². The number of aryl methyl sites for hydroxylation is 3. The van der Waals surface area contributed by atoms with E-state index in [1.54, 1.807) is 70.3 Å². The van der Waals surface area contributed by atoms with Crippen LogP contribution in [0.1, 0.15) is 65.4 Å². The molecule has 3 aromatic rings. The van der Waals surface area contributed by atoms with Crippen molar-refractivity contribution in [2.45, 2.75) is 59.5 Å². The molecule has 13 heteroatoms. The number of thiophene rings is 1. The van der Waals surface area contributed by atoms with Crippen molar-refractivity contribution in [2.75, 3.05) is 25.2 Å². The molecule has 236 valence electrons. The van der Waals surface area contributed by atoms with Crippen LogP contribution in [0.4, 0.5) is 5.95 Å². The zero-order valence-electron chi connectivity index (χ0n) is 25.5. The molecule has 0 saturated carbocycles. The molecule has 0 aliphatic carbocycles. The lowest BCUT2D eigenvalue weighted by Crippen LogP contribution is -2.49. The van der Waals surface area contributed by atoms with Gasteiger partial charge in [-0.3, -0.25) is 19.7 Å². The summed E-state index contributed by atoms with van der Waals surface area (Å²) in [5, 5.41) is 20.2. The van der Waals surface area contributed by atoms with E-state index >= 15 is 0 Å². The molecule has 0 fully saturated rings. The second-order valence-corrected chi connectivity index (χ2v) is 12.1. The molecule has 1 amide bonds. The molecule has 12 nitrogen and oxygen atoms in total. The summed E-state index contributed by atoms with van der Waals surface area (Å²) in [5.41, 5.74) is 1.75. The first-order valence-electron chi connectivity index (χ1n) is 14.1. The van der Waals surface area contributed by atoms with E-state index in [4.69, 9.17) is 9.47 Å². The summed E-state index contributed by atoms with van der Waals surface area (Å²) in [6, 6.07) is 8.29. The van der Waals surface area contributed by atoms with E-state index < -0.39 is 42.1 Å². The van der Waals surface area contributed by atoms with Crippen LogP contribution in [-0.4, -0.2) is 65.1 Å². The van der Waals surface area contributed by atoms with Crippen LogP contribution in [0.3, 0.4) is 0 Å². The number of phenols is 1. The Hall–Kier alpha value is -4.36. The van der Waals surface area contributed by atoms with E-state index in [-0.39, 0.29) is 12.3 Å². The summed E-state index contributed by atoms with van der Waals surface area (Å²) in [6.07, 6.45) is 2.16. The van der Waals surface area contributed by atoms with Gasteiger partial charge in [-0.05, 0) is 76.6 Å². The number of esters is 2. The number of nitrogens with one attached hydrogen (secondary N) is 3. The van der Waals surface area contributed by atoms with Gasteiger partial charge in [-0.15, -0.1) is 11.3 Å². The molecule has 0 saturated heterocycles. The van der Waals surface area contributed by atoms with Gasteiger partial charge in [0, 0.05) is 30.0 Å². The van der Waals surface area contributed by atoms with Crippen molar-refractivity contribution < 1.29 is 33.8 Å². The van der Waals surface area contributed by atoms with Crippen molar-refractivity contribution in [1.29, 1.82) is 0 Å². The van der Waals surface area contributed by atoms with Crippen LogP contribution in [0, 0.1) is 19.3 Å². The first kappa shape index (κ1) is 34.1. The van der Waals surface area contributed by atoms with Crippen molar-refractivity contribution >= 4 is 41.4 Å². The third kappa shape index (κ3) is 10.1. The Morgan fingerprint density at radius 3 is 2.41 bits per heavy atom. The zero-order chi connectivity index (χ0) is 32.3. The number of carbonyl (C=O) groups excluding carboxylic acids is 4. The zero-order valence-corrected chi connectivity index (χ0v) is 26.3. The maximum Gasteiger partial charge on any atom is 0.327 e. The van der Waals surface area contributed by atoms with E-state index in [0.29, 0.717) is 40.6 Å². The fraction of sp³-hybridized carbons (Fsp3) is 0.419. The largest absolute Gasteiger partial charge is 0.508 e. The first-order valence-corrected chi connectivity index (χ1v) is 15.0. The number of hydrogen-bond acceptors (Lipinski definition) is 12. The van der Waals surface area contributed by atoms with Crippen LogP contribution in [0.25, 0.3) is 0 Å². The topological polar surface area (TPSA) is 169 Å². The number of ether oxygens (including phenoxy) is 2. The van der Waals surface area contributed by atoms with E-state index in [9.17, 15) is 24.3 Å². The van der Waals surface area contributed by atoms with Gasteiger partial charge in [-0.25, -0.2) is 9.97 Å². The monoisotopic (exact) mass is 625 g/mol. The molecule has 0 bridgehead atoms. The lowest BCUT2D eigenvalue weighted by Gasteiger charge is -2.24. The molecule has 0 aliphatic rings. The number of aromatic hydroxyl groups is 1. The molecule has 0 aliphatic heterocycles. The predicted octanol–water partition coefficient (Wildman–Crippen LogP) is 3.62. The molecule has 2 aromatic heterocycles. The minimum Gasteiger partial charge on any atom is -0.508 e. The number of carbonyl (C=O) groups is 4. The highest BCUT2D eigenvalue weighted by molar-refractivity contribution is 7.12. The summed E-state index contributed by atoms with van der Waals surface area (Å²) in [4.78, 5) is 59.5. The molecule has 0 radical (unpaired) electrons. The maximum absolute atomic E-state index is 13.1. The van der Waals surface area contributed by atoms with Crippen LogP contribution in [0.2, 0.25) is 0 Å². The number of aromatic nitrogens is 2. The van der Waals surface area contributed by atoms with Crippen LogP contribution in [-0.2, 0) is 30.3 Å². The Bertz CT molecular complexity index is 1420. The normalized spacial score (nSPS) is 12.6. The number of anilines is 1. The Kier molecular flexibility index (Phi) is 12.4. The minimum absolute atomic E-state index is 0.203. The summed E-state index contributed by atoms with van der Waals surface area (Å²) < 4.78 is 10.2. The van der Waals surface area contributed by atoms with Crippen LogP contribution in [0.15, 0.2) is 41.8 Å². The van der Waals surface area contributed by atoms with Crippen molar-refractivity contribution in [1.82, 2.24) is 20.6 Å². The molecular weight excluding hydrogens is 586 g/mol. The molecular formula is C31H39N5O7S. The molecule has 2 heterocycles. The lowest BCUT2D eigenvalue weighted by molar-refractivity contribution is -0.174. The number of rotatable bonds is 15. The van der Waals surface area contributed by atoms with E-state index in [2.05, 4.69) is 25.9 Å². The molecule has 2 unspecified atom stereocenters. The number of phenolic OH excluding ortho intramolecular Hbond substituents is 1. The van der Waals surface area contributed by atoms with Gasteiger partial charge >= 0.3 is 11.9 Å². The number of benzene rings is 1. The SMILES string of the molecule is Cc1nc(NCCCc2cccc(O)c2)nc(C)c1C(C=O)NC(CNC(=O)c1cccs1)C(=O)OCOC(=O)C(C)(C)C. The summed E-state index contributed by atoms with van der Waals surface area (Å²) in [5.74, 6) is -1.15. The van der Waals surface area contributed by atoms with Gasteiger partial charge in [0.1, 0.15) is 18.1 Å². The van der Waals surface area contributed by atoms with Gasteiger partial charge < -0.3 is 30.0 Å². The highest BCUT2D eigenvalue weighted by Gasteiger charge is 2.29. The minimum atomic E-state index is -1.17. The van der Waals surface area contributed by atoms with Crippen LogP contribution in [0.5, 0.6) is 5.75 Å². The Labute approximate surface area is 260 Å². The maximum atomic E-state index is 13.1. The fourth-order valence-corrected chi connectivity index (χ4v) is 4.86. The fourth-order valence-electron chi connectivity index (χ4n) is 4.22. The van der Waals surface area contributed by atoms with Crippen molar-refractivity contribution in [2.24, 2.45) is 5.41 Å². The average molecular weight is 626 g/mol. The van der Waals surface area contributed by atoms with Crippen molar-refractivity contribution in [3.05, 3.63) is 69.2 Å². The molecule has 2 atom stereocenters. The average Bonchev–Trinajstić information content (AvgIpc) is 3.51. The van der Waals surface area contributed by atoms with Gasteiger partial charge in [-0.1, -0.05) is 18.2 Å². The number of nitrogens with zero attached hydrogens (tertiary/aromatic N) is 2. The van der Waals surface area contributed by atoms with E-state index in [1.165, 1.54) is 11.3 Å². The van der Waals surface area contributed by atoms with Crippen LogP contribution < -0.4 is 16.0 Å². The summed E-state index contributed by atoms with van der Waals surface area (Å²) in [6.45, 7) is 8.23. The highest BCUT2D eigenvalue weighted by Crippen LogP contribution is 2.21. The number of aldehydes is 1. The molecule has 44 heavy (non-hydrogen) atoms. The van der Waals surface area contributed by atoms with Crippen molar-refractivity contribution in [3.63, 3.8) is 0 Å². The first-order chi connectivity index (χ1) is 20.9. The van der Waals surface area contributed by atoms with E-state index in [0.717, 1.165) is 18.4 Å². The van der Waals surface area contributed by atoms with E-state index in [1.807, 2.05) is 6.07 Å². The van der Waals surface area contributed by atoms with Crippen LogP contribution >= 0.6 is 11.3 Å². The van der Waals surface area contributed by atoms with Gasteiger partial charge in [-0.2, -0.15) is 0 Å². The van der Waals surface area contributed by atoms with Gasteiger partial charge in [0.05, 0.1) is 16.3 Å². The second kappa shape index (κ2) is 15.9. The number of amides is 1. The smallest absolute Gasteiger partial charge is 0.327 e. The Morgan fingerprint density at radius 1 is 1.07 bits per heavy atom. The second-order valence-electron chi connectivity index (χ2n) is 11.1. The molecule has 3 rings (SSSR count). The molecule has 4 N–H and O–H groups in total. The lowest BCUT2D eigenvalue weighted by atomic mass is 9.98. The van der Waals surface area contributed by atoms with Gasteiger partial charge in [0.2, 0.25) is 12.7 Å². The quantitative estimate of drug-likeness (QED) is 0.0842. The highest BCUT2D eigenvalue weighted by atomic mass is 32.1. The standard InChI is InChI=1S/C31H39N5O7S/c1-19-26(20(2)35-30(34-19)32-13-7-10-21-9-6-11-22(38)15-21)24(17-37)36-23(16-33-27(39)25-12-8-14-44-25)28(40)42-18-43-29(41)31(3,4)5/h6,8-9,11-12,14-15,17,23-24,36,38H,7,10,13,16,18H2,1-5H3,(H,33,39)(H,32,34,35). The Balaban J connectivity index is 1.68. The third-order valence-corrected chi connectivity index (χ3v) is 7.36. The summed E-state index contributed by atoms with van der Waals surface area (Å²) >= 11 is 1.24. The molecule has 1 aromatic carbocycles. The van der Waals surface area contributed by atoms with Gasteiger partial charge in [0.15, 0.2) is 0 Å². The van der Waals surface area contributed by atoms with Crippen molar-refractivity contribution in [3.8, 4) is 5.75 Å².